The van der Waals surface area contributed by atoms with Gasteiger partial charge in [-0.3, -0.25) is 0 Å². The van der Waals surface area contributed by atoms with E-state index in [1.165, 1.54) is 0 Å². The van der Waals surface area contributed by atoms with Crippen molar-refractivity contribution in [3.05, 3.63) is 70.2 Å². The van der Waals surface area contributed by atoms with Gasteiger partial charge in [0, 0.05) is 24.2 Å². The molecule has 0 heterocycles. The van der Waals surface area contributed by atoms with E-state index in [1.807, 2.05) is 76.2 Å². The van der Waals surface area contributed by atoms with Gasteiger partial charge in [0.05, 0.1) is 0 Å². The summed E-state index contributed by atoms with van der Waals surface area (Å²) >= 11 is 6.09. The highest BCUT2D eigenvalue weighted by atomic mass is 35.5. The molecule has 0 aliphatic rings. The molecule has 2 aromatic rings. The van der Waals surface area contributed by atoms with Crippen LogP contribution in [0, 0.1) is 6.92 Å². The number of amides is 1. The van der Waals surface area contributed by atoms with Gasteiger partial charge in [-0.25, -0.2) is 4.79 Å². The number of nitrogens with zero attached hydrogens (tertiary/aromatic N) is 1. The summed E-state index contributed by atoms with van der Waals surface area (Å²) in [4.78, 5) is 14.4. The normalized spacial score (nSPS) is 12.5. The van der Waals surface area contributed by atoms with Crippen molar-refractivity contribution in [3.8, 4) is 0 Å². The number of hydrogen-bond donors (Lipinski definition) is 1. The minimum absolute atomic E-state index is 0.207. The Labute approximate surface area is 167 Å². The van der Waals surface area contributed by atoms with E-state index in [-0.39, 0.29) is 12.1 Å². The van der Waals surface area contributed by atoms with Crippen molar-refractivity contribution in [2.75, 3.05) is 6.54 Å². The Hall–Kier alpha value is -2.04. The van der Waals surface area contributed by atoms with Crippen molar-refractivity contribution < 1.29 is 9.53 Å². The molecule has 0 aliphatic heterocycles. The first-order valence-corrected chi connectivity index (χ1v) is 9.54. The van der Waals surface area contributed by atoms with Gasteiger partial charge in [-0.05, 0) is 56.9 Å². The van der Waals surface area contributed by atoms with Crippen LogP contribution in [0.25, 0.3) is 0 Å². The van der Waals surface area contributed by atoms with Crippen molar-refractivity contribution in [1.82, 2.24) is 4.90 Å². The Morgan fingerprint density at radius 3 is 2.41 bits per heavy atom. The van der Waals surface area contributed by atoms with Gasteiger partial charge in [0.1, 0.15) is 5.60 Å². The van der Waals surface area contributed by atoms with Crippen molar-refractivity contribution >= 4 is 17.7 Å². The molecule has 27 heavy (non-hydrogen) atoms. The highest BCUT2D eigenvalue weighted by Gasteiger charge is 2.24. The standard InChI is InChI=1S/C22H29ClN2O2/c1-16-12-18(10-11-20(16)23)13-19(24)15-25(21(26)27-22(2,3)4)14-17-8-6-5-7-9-17/h5-12,19H,13-15,24H2,1-4H3. The third-order valence-corrected chi connectivity index (χ3v) is 4.47. The summed E-state index contributed by atoms with van der Waals surface area (Å²) in [6, 6.07) is 15.5. The SMILES string of the molecule is Cc1cc(CC(N)CN(Cc2ccccc2)C(=O)OC(C)(C)C)ccc1Cl. The summed E-state index contributed by atoms with van der Waals surface area (Å²) in [5, 5.41) is 0.742. The molecule has 5 heteroatoms. The van der Waals surface area contributed by atoms with Gasteiger partial charge in [-0.1, -0.05) is 54.1 Å². The summed E-state index contributed by atoms with van der Waals surface area (Å²) in [6.45, 7) is 8.43. The lowest BCUT2D eigenvalue weighted by Crippen LogP contribution is -2.44. The lowest BCUT2D eigenvalue weighted by atomic mass is 10.0. The van der Waals surface area contributed by atoms with Crippen LogP contribution in [0.3, 0.4) is 0 Å². The summed E-state index contributed by atoms with van der Waals surface area (Å²) in [7, 11) is 0. The first-order chi connectivity index (χ1) is 12.6. The molecule has 0 bridgehead atoms. The molecule has 0 aromatic heterocycles. The third kappa shape index (κ3) is 7.24. The first-order valence-electron chi connectivity index (χ1n) is 9.16. The fourth-order valence-corrected chi connectivity index (χ4v) is 2.94. The zero-order valence-electron chi connectivity index (χ0n) is 16.5. The zero-order valence-corrected chi connectivity index (χ0v) is 17.3. The smallest absolute Gasteiger partial charge is 0.410 e. The van der Waals surface area contributed by atoms with Crippen LogP contribution in [-0.4, -0.2) is 29.2 Å². The maximum absolute atomic E-state index is 12.7. The van der Waals surface area contributed by atoms with Crippen LogP contribution in [0.15, 0.2) is 48.5 Å². The first kappa shape index (κ1) is 21.3. The Bertz CT molecular complexity index is 757. The molecule has 0 saturated carbocycles. The molecule has 0 radical (unpaired) electrons. The van der Waals surface area contributed by atoms with Gasteiger partial charge in [-0.2, -0.15) is 0 Å². The largest absolute Gasteiger partial charge is 0.444 e. The van der Waals surface area contributed by atoms with Gasteiger partial charge in [-0.15, -0.1) is 0 Å². The number of benzene rings is 2. The molecular weight excluding hydrogens is 360 g/mol. The number of carbonyl (C=O) groups is 1. The topological polar surface area (TPSA) is 55.6 Å². The number of nitrogens with two attached hydrogens (primary N) is 1. The highest BCUT2D eigenvalue weighted by Crippen LogP contribution is 2.18. The van der Waals surface area contributed by atoms with E-state index >= 15 is 0 Å². The maximum atomic E-state index is 12.7. The molecule has 2 rings (SSSR count). The van der Waals surface area contributed by atoms with Crippen molar-refractivity contribution in [3.63, 3.8) is 0 Å². The number of aryl methyl sites for hydroxylation is 1. The second kappa shape index (κ2) is 9.25. The number of rotatable bonds is 6. The maximum Gasteiger partial charge on any atom is 0.410 e. The lowest BCUT2D eigenvalue weighted by Gasteiger charge is -2.29. The van der Waals surface area contributed by atoms with E-state index in [1.54, 1.807) is 4.90 Å². The molecule has 2 aromatic carbocycles. The van der Waals surface area contributed by atoms with Crippen LogP contribution in [0.2, 0.25) is 5.02 Å². The molecule has 0 aliphatic carbocycles. The summed E-state index contributed by atoms with van der Waals surface area (Å²) in [5.74, 6) is 0. The lowest BCUT2D eigenvalue weighted by molar-refractivity contribution is 0.0222. The predicted octanol–water partition coefficient (Wildman–Crippen LogP) is 4.96. The minimum atomic E-state index is -0.552. The predicted molar refractivity (Wildman–Crippen MR) is 111 cm³/mol. The molecule has 1 amide bonds. The number of ether oxygens (including phenoxy) is 1. The van der Waals surface area contributed by atoms with Gasteiger partial charge < -0.3 is 15.4 Å². The van der Waals surface area contributed by atoms with Crippen LogP contribution in [0.4, 0.5) is 4.79 Å². The van der Waals surface area contributed by atoms with Crippen LogP contribution in [0.5, 0.6) is 0 Å². The van der Waals surface area contributed by atoms with Crippen LogP contribution >= 0.6 is 11.6 Å². The van der Waals surface area contributed by atoms with Crippen molar-refractivity contribution in [1.29, 1.82) is 0 Å². The van der Waals surface area contributed by atoms with E-state index in [9.17, 15) is 4.79 Å². The van der Waals surface area contributed by atoms with Gasteiger partial charge in [0.15, 0.2) is 0 Å². The quantitative estimate of drug-likeness (QED) is 0.761. The average molecular weight is 389 g/mol. The van der Waals surface area contributed by atoms with E-state index in [2.05, 4.69) is 0 Å². The van der Waals surface area contributed by atoms with Gasteiger partial charge >= 0.3 is 6.09 Å². The van der Waals surface area contributed by atoms with E-state index in [4.69, 9.17) is 22.1 Å². The second-order valence-corrected chi connectivity index (χ2v) is 8.30. The van der Waals surface area contributed by atoms with Crippen molar-refractivity contribution in [2.24, 2.45) is 5.73 Å². The van der Waals surface area contributed by atoms with Crippen molar-refractivity contribution in [2.45, 2.75) is 52.3 Å². The van der Waals surface area contributed by atoms with Gasteiger partial charge in [0.2, 0.25) is 0 Å². The minimum Gasteiger partial charge on any atom is -0.444 e. The number of hydrogen-bond acceptors (Lipinski definition) is 3. The number of carbonyl (C=O) groups excluding carboxylic acids is 1. The molecule has 146 valence electrons. The van der Waals surface area contributed by atoms with E-state index in [0.717, 1.165) is 21.7 Å². The molecule has 0 fully saturated rings. The van der Waals surface area contributed by atoms with Crippen LogP contribution in [0.1, 0.15) is 37.5 Å². The Kier molecular flexibility index (Phi) is 7.28. The van der Waals surface area contributed by atoms with E-state index < -0.39 is 5.60 Å². The number of halogens is 1. The monoisotopic (exact) mass is 388 g/mol. The molecule has 4 nitrogen and oxygen atoms in total. The highest BCUT2D eigenvalue weighted by molar-refractivity contribution is 6.31. The van der Waals surface area contributed by atoms with Crippen LogP contribution < -0.4 is 5.73 Å². The molecular formula is C22H29ClN2O2. The molecule has 0 saturated heterocycles. The fourth-order valence-electron chi connectivity index (χ4n) is 2.82. The average Bonchev–Trinajstić information content (AvgIpc) is 2.57. The van der Waals surface area contributed by atoms with E-state index in [0.29, 0.717) is 19.5 Å². The fraction of sp³-hybridized carbons (Fsp3) is 0.409. The summed E-state index contributed by atoms with van der Waals surface area (Å²) in [6.07, 6.45) is 0.306. The molecule has 2 N–H and O–H groups in total. The van der Waals surface area contributed by atoms with Crippen LogP contribution in [-0.2, 0) is 17.7 Å². The third-order valence-electron chi connectivity index (χ3n) is 4.04. The second-order valence-electron chi connectivity index (χ2n) is 7.89. The zero-order chi connectivity index (χ0) is 20.0. The Morgan fingerprint density at radius 1 is 1.15 bits per heavy atom. The van der Waals surface area contributed by atoms with Gasteiger partial charge in [0.25, 0.3) is 0 Å². The molecule has 0 spiro atoms. The Morgan fingerprint density at radius 2 is 1.81 bits per heavy atom. The Balaban J connectivity index is 2.09. The molecule has 1 unspecified atom stereocenters. The summed E-state index contributed by atoms with van der Waals surface area (Å²) < 4.78 is 5.57. The molecule has 1 atom stereocenters. The summed E-state index contributed by atoms with van der Waals surface area (Å²) in [5.41, 5.74) is 8.98.